The van der Waals surface area contributed by atoms with Gasteiger partial charge in [-0.3, -0.25) is 24.4 Å². The van der Waals surface area contributed by atoms with Gasteiger partial charge in [0.05, 0.1) is 17.1 Å². The summed E-state index contributed by atoms with van der Waals surface area (Å²) in [4.78, 5) is 42.2. The number of nitrogens with one attached hydrogen (secondary N) is 2. The molecule has 9 nitrogen and oxygen atoms in total. The van der Waals surface area contributed by atoms with E-state index in [0.29, 0.717) is 36.2 Å². The Labute approximate surface area is 307 Å². The predicted molar refractivity (Wildman–Crippen MR) is 200 cm³/mol. The quantitative estimate of drug-likeness (QED) is 0.164. The summed E-state index contributed by atoms with van der Waals surface area (Å²) >= 11 is 0. The number of nitrogens with zero attached hydrogens (tertiary/aromatic N) is 4. The fourth-order valence-corrected chi connectivity index (χ4v) is 8.09. The Hall–Kier alpha value is -4.68. The van der Waals surface area contributed by atoms with Gasteiger partial charge in [-0.2, -0.15) is 0 Å². The zero-order valence-electron chi connectivity index (χ0n) is 30.9. The second-order valence-corrected chi connectivity index (χ2v) is 15.3. The summed E-state index contributed by atoms with van der Waals surface area (Å²) in [5.41, 5.74) is 3.79. The molecule has 12 heteroatoms. The SMILES string of the molecule is CCc1cc2ncc(CN3CCC(N(C)C(=O)COc4cc(F)c([C@@H]5c6[nH]c7ccccc7c6C[C@@H](C)N5CC(C)(C)F)c(F)c4)CC3)cc2[nH]c1=O. The first-order valence-electron chi connectivity index (χ1n) is 18.4. The normalized spacial score (nSPS) is 18.8. The highest BCUT2D eigenvalue weighted by Crippen LogP contribution is 2.43. The number of pyridine rings is 2. The van der Waals surface area contributed by atoms with Gasteiger partial charge in [-0.15, -0.1) is 0 Å². The molecule has 0 saturated carbocycles. The molecule has 0 spiro atoms. The van der Waals surface area contributed by atoms with Crippen LogP contribution in [0.15, 0.2) is 59.5 Å². The van der Waals surface area contributed by atoms with Crippen molar-refractivity contribution in [2.24, 2.45) is 0 Å². The standard InChI is InChI=1S/C41H47F3N6O3/c1-6-26-17-34-35(47-40(26)52)16-25(20-45-34)21-49-13-11-27(12-14-49)48(5)36(51)22-53-28-18-31(42)37(32(43)19-28)39-38-30(29-9-7-8-10-33(29)46-38)15-24(2)50(39)23-41(3,4)44/h7-10,16-20,24,27,39,46H,6,11-15,21-23H2,1-5H3,(H,47,52)/t24-,39-/m1/s1. The van der Waals surface area contributed by atoms with E-state index in [-0.39, 0.29) is 48.0 Å². The molecule has 2 aliphatic heterocycles. The molecule has 0 radical (unpaired) electrons. The number of piperidine rings is 1. The number of carbonyl (C=O) groups is 1. The first-order chi connectivity index (χ1) is 25.3. The molecule has 1 saturated heterocycles. The van der Waals surface area contributed by atoms with E-state index >= 15 is 13.2 Å². The summed E-state index contributed by atoms with van der Waals surface area (Å²) in [6.07, 6.45) is 4.59. The van der Waals surface area contributed by atoms with E-state index in [4.69, 9.17) is 4.74 Å². The molecular weight excluding hydrogens is 681 g/mol. The Morgan fingerprint density at radius 2 is 1.77 bits per heavy atom. The number of ether oxygens (including phenoxy) is 1. The van der Waals surface area contributed by atoms with Gasteiger partial charge in [0, 0.05) is 91.4 Å². The van der Waals surface area contributed by atoms with Crippen LogP contribution in [0.5, 0.6) is 5.75 Å². The first-order valence-corrected chi connectivity index (χ1v) is 18.4. The van der Waals surface area contributed by atoms with E-state index in [9.17, 15) is 9.59 Å². The number of fused-ring (bicyclic) bond motifs is 4. The molecule has 2 N–H and O–H groups in total. The number of hydrogen-bond acceptors (Lipinski definition) is 6. The van der Waals surface area contributed by atoms with Crippen molar-refractivity contribution in [3.8, 4) is 5.75 Å². The highest BCUT2D eigenvalue weighted by molar-refractivity contribution is 5.85. The Kier molecular flexibility index (Phi) is 10.1. The lowest BCUT2D eigenvalue weighted by Crippen LogP contribution is -2.48. The number of likely N-dealkylation sites (tertiary alicyclic amines) is 1. The van der Waals surface area contributed by atoms with Crippen LogP contribution in [0.4, 0.5) is 13.2 Å². The summed E-state index contributed by atoms with van der Waals surface area (Å²) in [6, 6.07) is 12.7. The number of aromatic amines is 2. The van der Waals surface area contributed by atoms with Crippen LogP contribution in [0, 0.1) is 11.6 Å². The molecule has 3 aromatic heterocycles. The van der Waals surface area contributed by atoms with Crippen LogP contribution in [-0.2, 0) is 24.2 Å². The van der Waals surface area contributed by atoms with E-state index in [1.807, 2.05) is 61.3 Å². The Morgan fingerprint density at radius 1 is 1.06 bits per heavy atom. The largest absolute Gasteiger partial charge is 0.484 e. The van der Waals surface area contributed by atoms with Crippen molar-refractivity contribution in [1.29, 1.82) is 0 Å². The van der Waals surface area contributed by atoms with Crippen LogP contribution in [0.3, 0.4) is 0 Å². The highest BCUT2D eigenvalue weighted by Gasteiger charge is 2.41. The summed E-state index contributed by atoms with van der Waals surface area (Å²) in [5, 5.41) is 0.985. The minimum atomic E-state index is -1.61. The number of amides is 1. The molecule has 0 aliphatic carbocycles. The molecular formula is C41H47F3N6O3. The van der Waals surface area contributed by atoms with Crippen molar-refractivity contribution >= 4 is 27.8 Å². The van der Waals surface area contributed by atoms with E-state index < -0.39 is 23.3 Å². The average molecular weight is 729 g/mol. The van der Waals surface area contributed by atoms with Gasteiger partial charge in [-0.1, -0.05) is 25.1 Å². The van der Waals surface area contributed by atoms with Crippen LogP contribution in [-0.4, -0.2) is 86.6 Å². The van der Waals surface area contributed by atoms with Crippen molar-refractivity contribution < 1.29 is 22.7 Å². The number of aryl methyl sites for hydroxylation is 1. The molecule has 1 amide bonds. The lowest BCUT2D eigenvalue weighted by atomic mass is 9.87. The zero-order valence-corrected chi connectivity index (χ0v) is 30.9. The van der Waals surface area contributed by atoms with Crippen molar-refractivity contribution in [3.63, 3.8) is 0 Å². The number of alkyl halides is 1. The number of para-hydroxylation sites is 1. The third kappa shape index (κ3) is 7.57. The van der Waals surface area contributed by atoms with Crippen molar-refractivity contribution in [2.75, 3.05) is 33.3 Å². The van der Waals surface area contributed by atoms with Gasteiger partial charge in [0.2, 0.25) is 0 Å². The van der Waals surface area contributed by atoms with Gasteiger partial charge in [0.25, 0.3) is 11.5 Å². The van der Waals surface area contributed by atoms with Crippen LogP contribution in [0.1, 0.15) is 74.5 Å². The van der Waals surface area contributed by atoms with E-state index in [1.165, 1.54) is 13.8 Å². The Bertz CT molecular complexity index is 2180. The molecule has 280 valence electrons. The van der Waals surface area contributed by atoms with Gasteiger partial charge < -0.3 is 19.6 Å². The summed E-state index contributed by atoms with van der Waals surface area (Å²) < 4.78 is 53.0. The molecule has 7 rings (SSSR count). The number of aromatic nitrogens is 3. The number of carbonyl (C=O) groups excluding carboxylic acids is 1. The Balaban J connectivity index is 1.00. The summed E-state index contributed by atoms with van der Waals surface area (Å²) in [6.45, 7) is 8.64. The fraction of sp³-hybridized carbons (Fsp3) is 0.439. The summed E-state index contributed by atoms with van der Waals surface area (Å²) in [7, 11) is 1.73. The van der Waals surface area contributed by atoms with Gasteiger partial charge >= 0.3 is 0 Å². The third-order valence-corrected chi connectivity index (χ3v) is 10.9. The zero-order chi connectivity index (χ0) is 37.6. The number of likely N-dealkylation sites (N-methyl/N-ethyl adjacent to an activating group) is 1. The molecule has 2 aromatic carbocycles. The minimum Gasteiger partial charge on any atom is -0.484 e. The lowest BCUT2D eigenvalue weighted by molar-refractivity contribution is -0.135. The lowest BCUT2D eigenvalue weighted by Gasteiger charge is -2.43. The number of halogens is 3. The molecule has 5 aromatic rings. The fourth-order valence-electron chi connectivity index (χ4n) is 8.09. The summed E-state index contributed by atoms with van der Waals surface area (Å²) in [5.74, 6) is -2.02. The molecule has 2 aliphatic rings. The average Bonchev–Trinajstić information content (AvgIpc) is 3.48. The predicted octanol–water partition coefficient (Wildman–Crippen LogP) is 6.83. The molecule has 1 fully saturated rings. The van der Waals surface area contributed by atoms with Crippen molar-refractivity contribution in [2.45, 2.75) is 83.7 Å². The molecule has 0 unspecified atom stereocenters. The van der Waals surface area contributed by atoms with Gasteiger partial charge in [-0.25, -0.2) is 13.2 Å². The molecule has 0 bridgehead atoms. The Morgan fingerprint density at radius 3 is 2.47 bits per heavy atom. The first kappa shape index (κ1) is 36.7. The second kappa shape index (κ2) is 14.6. The van der Waals surface area contributed by atoms with Gasteiger partial charge in [-0.05, 0) is 75.8 Å². The van der Waals surface area contributed by atoms with Gasteiger partial charge in [0.1, 0.15) is 23.1 Å². The molecule has 2 atom stereocenters. The number of hydrogen-bond donors (Lipinski definition) is 2. The molecule has 53 heavy (non-hydrogen) atoms. The topological polar surface area (TPSA) is 97.6 Å². The van der Waals surface area contributed by atoms with E-state index in [2.05, 4.69) is 19.9 Å². The number of H-pyrrole nitrogens is 2. The number of benzene rings is 2. The van der Waals surface area contributed by atoms with Crippen LogP contribution < -0.4 is 10.3 Å². The maximum absolute atomic E-state index is 16.1. The number of rotatable bonds is 10. The maximum Gasteiger partial charge on any atom is 0.260 e. The van der Waals surface area contributed by atoms with Crippen LogP contribution >= 0.6 is 0 Å². The second-order valence-electron chi connectivity index (χ2n) is 15.3. The van der Waals surface area contributed by atoms with Crippen LogP contribution in [0.2, 0.25) is 0 Å². The maximum atomic E-state index is 16.1. The molecule has 5 heterocycles. The van der Waals surface area contributed by atoms with Crippen LogP contribution in [0.25, 0.3) is 21.9 Å². The van der Waals surface area contributed by atoms with Gasteiger partial charge in [0.15, 0.2) is 6.61 Å². The smallest absolute Gasteiger partial charge is 0.260 e. The van der Waals surface area contributed by atoms with Crippen molar-refractivity contribution in [1.82, 2.24) is 29.7 Å². The third-order valence-electron chi connectivity index (χ3n) is 10.9. The monoisotopic (exact) mass is 728 g/mol. The highest BCUT2D eigenvalue weighted by atomic mass is 19.1. The van der Waals surface area contributed by atoms with E-state index in [0.717, 1.165) is 65.6 Å². The van der Waals surface area contributed by atoms with Crippen molar-refractivity contribution in [3.05, 3.63) is 105 Å². The van der Waals surface area contributed by atoms with E-state index in [1.54, 1.807) is 11.9 Å². The minimum absolute atomic E-state index is 0.0127.